The van der Waals surface area contributed by atoms with Crippen molar-refractivity contribution in [2.45, 2.75) is 13.0 Å². The van der Waals surface area contributed by atoms with E-state index < -0.39 is 5.97 Å². The van der Waals surface area contributed by atoms with E-state index in [2.05, 4.69) is 4.57 Å². The van der Waals surface area contributed by atoms with Gasteiger partial charge in [-0.3, -0.25) is 0 Å². The monoisotopic (exact) mass is 464 g/mol. The Bertz CT molecular complexity index is 1430. The van der Waals surface area contributed by atoms with Crippen molar-refractivity contribution in [2.75, 3.05) is 6.61 Å². The number of carboxylic acids is 1. The van der Waals surface area contributed by atoms with Crippen molar-refractivity contribution in [3.8, 4) is 28.6 Å². The summed E-state index contributed by atoms with van der Waals surface area (Å²) in [6.45, 7) is 1.26. The van der Waals surface area contributed by atoms with Gasteiger partial charge in [0, 0.05) is 12.1 Å². The van der Waals surface area contributed by atoms with E-state index in [1.807, 2.05) is 78.9 Å². The molecule has 0 spiro atoms. The normalized spacial score (nSPS) is 10.9. The smallest absolute Gasteiger partial charge is 0.335 e. The minimum atomic E-state index is -0.943. The van der Waals surface area contributed by atoms with Crippen LogP contribution in [0.4, 0.5) is 0 Å². The summed E-state index contributed by atoms with van der Waals surface area (Å²) >= 11 is 0. The van der Waals surface area contributed by atoms with Gasteiger partial charge >= 0.3 is 5.97 Å². The van der Waals surface area contributed by atoms with Gasteiger partial charge < -0.3 is 19.1 Å². The Labute approximate surface area is 203 Å². The summed E-state index contributed by atoms with van der Waals surface area (Å²) in [6.07, 6.45) is 0.781. The summed E-state index contributed by atoms with van der Waals surface area (Å²) in [5.74, 6) is 2.20. The number of nitrogens with zero attached hydrogens (tertiary/aromatic N) is 2. The first-order chi connectivity index (χ1) is 17.2. The molecule has 0 radical (unpaired) electrons. The summed E-state index contributed by atoms with van der Waals surface area (Å²) in [5, 5.41) is 9.19. The van der Waals surface area contributed by atoms with Gasteiger partial charge in [-0.05, 0) is 67.1 Å². The van der Waals surface area contributed by atoms with E-state index in [0.717, 1.165) is 46.1 Å². The Kier molecular flexibility index (Phi) is 6.44. The number of ether oxygens (including phenoxy) is 2. The Morgan fingerprint density at radius 2 is 1.43 bits per heavy atom. The highest BCUT2D eigenvalue weighted by Crippen LogP contribution is 2.26. The van der Waals surface area contributed by atoms with Crippen LogP contribution in [0.25, 0.3) is 22.4 Å². The summed E-state index contributed by atoms with van der Waals surface area (Å²) < 4.78 is 13.9. The average Bonchev–Trinajstić information content (AvgIpc) is 3.27. The predicted octanol–water partition coefficient (Wildman–Crippen LogP) is 6.66. The minimum Gasteiger partial charge on any atom is -0.494 e. The van der Waals surface area contributed by atoms with Crippen LogP contribution in [-0.2, 0) is 6.54 Å². The van der Waals surface area contributed by atoms with Crippen LogP contribution >= 0.6 is 0 Å². The molecule has 35 heavy (non-hydrogen) atoms. The van der Waals surface area contributed by atoms with Crippen molar-refractivity contribution in [3.05, 3.63) is 109 Å². The molecule has 1 N–H and O–H groups in total. The molecular weight excluding hydrogens is 440 g/mol. The SMILES string of the molecule is O=C(O)c1ccc(-c2nc3ccccc3n2CCCOc2ccc(Oc3ccccc3)cc2)cc1. The van der Waals surface area contributed by atoms with Crippen molar-refractivity contribution >= 4 is 17.0 Å². The van der Waals surface area contributed by atoms with E-state index in [4.69, 9.17) is 14.5 Å². The fourth-order valence-corrected chi connectivity index (χ4v) is 3.93. The maximum Gasteiger partial charge on any atom is 0.335 e. The molecule has 174 valence electrons. The lowest BCUT2D eigenvalue weighted by Crippen LogP contribution is -2.06. The van der Waals surface area contributed by atoms with E-state index in [9.17, 15) is 9.90 Å². The molecule has 0 amide bonds. The zero-order valence-corrected chi connectivity index (χ0v) is 19.0. The molecule has 6 nitrogen and oxygen atoms in total. The van der Waals surface area contributed by atoms with E-state index in [1.165, 1.54) is 0 Å². The number of benzene rings is 4. The van der Waals surface area contributed by atoms with Crippen LogP contribution in [0.15, 0.2) is 103 Å². The van der Waals surface area contributed by atoms with Gasteiger partial charge in [-0.1, -0.05) is 42.5 Å². The first-order valence-corrected chi connectivity index (χ1v) is 11.4. The average molecular weight is 465 g/mol. The quantitative estimate of drug-likeness (QED) is 0.247. The number of fused-ring (bicyclic) bond motifs is 1. The van der Waals surface area contributed by atoms with Crippen molar-refractivity contribution in [1.82, 2.24) is 9.55 Å². The maximum atomic E-state index is 11.2. The van der Waals surface area contributed by atoms with Crippen LogP contribution in [0.5, 0.6) is 17.2 Å². The first-order valence-electron chi connectivity index (χ1n) is 11.4. The lowest BCUT2D eigenvalue weighted by Gasteiger charge is -2.11. The zero-order valence-electron chi connectivity index (χ0n) is 19.0. The number of rotatable bonds is 9. The molecular formula is C29H24N2O4. The summed E-state index contributed by atoms with van der Waals surface area (Å²) in [6, 6.07) is 32.1. The minimum absolute atomic E-state index is 0.255. The molecule has 0 aliphatic heterocycles. The maximum absolute atomic E-state index is 11.2. The van der Waals surface area contributed by atoms with Gasteiger partial charge in [0.25, 0.3) is 0 Å². The van der Waals surface area contributed by atoms with Crippen molar-refractivity contribution in [3.63, 3.8) is 0 Å². The van der Waals surface area contributed by atoms with Crippen molar-refractivity contribution in [1.29, 1.82) is 0 Å². The fraction of sp³-hybridized carbons (Fsp3) is 0.103. The van der Waals surface area contributed by atoms with Gasteiger partial charge in [-0.2, -0.15) is 0 Å². The van der Waals surface area contributed by atoms with E-state index >= 15 is 0 Å². The third-order valence-corrected chi connectivity index (χ3v) is 5.64. The number of aromatic nitrogens is 2. The van der Waals surface area contributed by atoms with E-state index in [0.29, 0.717) is 13.2 Å². The summed E-state index contributed by atoms with van der Waals surface area (Å²) in [5.41, 5.74) is 3.07. The van der Waals surface area contributed by atoms with Crippen LogP contribution in [0, 0.1) is 0 Å². The topological polar surface area (TPSA) is 73.6 Å². The molecule has 0 saturated heterocycles. The molecule has 0 aliphatic carbocycles. The lowest BCUT2D eigenvalue weighted by molar-refractivity contribution is 0.0697. The predicted molar refractivity (Wildman–Crippen MR) is 135 cm³/mol. The molecule has 1 aromatic heterocycles. The van der Waals surface area contributed by atoms with E-state index in [-0.39, 0.29) is 5.56 Å². The number of hydrogen-bond donors (Lipinski definition) is 1. The largest absolute Gasteiger partial charge is 0.494 e. The van der Waals surface area contributed by atoms with Crippen LogP contribution in [0.1, 0.15) is 16.8 Å². The van der Waals surface area contributed by atoms with Crippen molar-refractivity contribution < 1.29 is 19.4 Å². The summed E-state index contributed by atoms with van der Waals surface area (Å²) in [7, 11) is 0. The highest BCUT2D eigenvalue weighted by atomic mass is 16.5. The number of para-hydroxylation sites is 3. The van der Waals surface area contributed by atoms with E-state index in [1.54, 1.807) is 24.3 Å². The number of aromatic carboxylic acids is 1. The zero-order chi connectivity index (χ0) is 24.0. The van der Waals surface area contributed by atoms with Crippen LogP contribution in [0.2, 0.25) is 0 Å². The number of imidazole rings is 1. The van der Waals surface area contributed by atoms with Crippen LogP contribution < -0.4 is 9.47 Å². The molecule has 4 aromatic carbocycles. The van der Waals surface area contributed by atoms with Gasteiger partial charge in [0.1, 0.15) is 23.1 Å². The Morgan fingerprint density at radius 3 is 2.17 bits per heavy atom. The second-order valence-electron chi connectivity index (χ2n) is 8.05. The molecule has 6 heteroatoms. The number of hydrogen-bond acceptors (Lipinski definition) is 4. The lowest BCUT2D eigenvalue weighted by atomic mass is 10.1. The summed E-state index contributed by atoms with van der Waals surface area (Å²) in [4.78, 5) is 16.0. The molecule has 0 fully saturated rings. The Hall–Kier alpha value is -4.58. The number of aryl methyl sites for hydroxylation is 1. The van der Waals surface area contributed by atoms with Crippen LogP contribution in [0.3, 0.4) is 0 Å². The van der Waals surface area contributed by atoms with Crippen molar-refractivity contribution in [2.24, 2.45) is 0 Å². The molecule has 1 heterocycles. The van der Waals surface area contributed by atoms with Gasteiger partial charge in [-0.15, -0.1) is 0 Å². The molecule has 0 saturated carbocycles. The second-order valence-corrected chi connectivity index (χ2v) is 8.05. The third kappa shape index (κ3) is 5.17. The highest BCUT2D eigenvalue weighted by Gasteiger charge is 2.13. The fourth-order valence-electron chi connectivity index (χ4n) is 3.93. The molecule has 0 bridgehead atoms. The standard InChI is InChI=1S/C29H24N2O4/c32-29(33)22-13-11-21(12-14-22)28-30-26-9-4-5-10-27(26)31(28)19-6-20-34-23-15-17-25(18-16-23)35-24-7-2-1-3-8-24/h1-5,7-18H,6,19-20H2,(H,32,33). The van der Waals surface area contributed by atoms with Gasteiger partial charge in [0.05, 0.1) is 23.2 Å². The number of carbonyl (C=O) groups is 1. The van der Waals surface area contributed by atoms with Gasteiger partial charge in [0.2, 0.25) is 0 Å². The second kappa shape index (κ2) is 10.1. The van der Waals surface area contributed by atoms with Gasteiger partial charge in [-0.25, -0.2) is 9.78 Å². The third-order valence-electron chi connectivity index (χ3n) is 5.64. The Balaban J connectivity index is 1.24. The molecule has 0 unspecified atom stereocenters. The number of carboxylic acid groups (broad SMARTS) is 1. The highest BCUT2D eigenvalue weighted by molar-refractivity contribution is 5.88. The van der Waals surface area contributed by atoms with Crippen LogP contribution in [-0.4, -0.2) is 27.2 Å². The molecule has 0 aliphatic rings. The molecule has 5 aromatic rings. The molecule has 5 rings (SSSR count). The van der Waals surface area contributed by atoms with Gasteiger partial charge in [0.15, 0.2) is 0 Å². The Morgan fingerprint density at radius 1 is 0.771 bits per heavy atom. The molecule has 0 atom stereocenters. The first kappa shape index (κ1) is 22.2.